The van der Waals surface area contributed by atoms with E-state index in [4.69, 9.17) is 4.99 Å². The molecule has 0 aromatic heterocycles. The van der Waals surface area contributed by atoms with Crippen LogP contribution in [0.4, 0.5) is 0 Å². The van der Waals surface area contributed by atoms with E-state index >= 15 is 0 Å². The molecule has 82 valence electrons. The molecular weight excluding hydrogens is 172 g/mol. The van der Waals surface area contributed by atoms with Crippen LogP contribution in [-0.2, 0) is 0 Å². The Balaban J connectivity index is 2.96. The van der Waals surface area contributed by atoms with Crippen LogP contribution >= 0.6 is 0 Å². The zero-order chi connectivity index (χ0) is 11.2. The molecule has 1 unspecified atom stereocenters. The van der Waals surface area contributed by atoms with Crippen LogP contribution in [0.15, 0.2) is 4.99 Å². The average molecular weight is 196 g/mol. The molecule has 0 spiro atoms. The van der Waals surface area contributed by atoms with Gasteiger partial charge in [0.15, 0.2) is 0 Å². The highest BCUT2D eigenvalue weighted by atomic mass is 15.2. The van der Waals surface area contributed by atoms with E-state index in [1.165, 1.54) is 5.71 Å². The molecule has 1 rings (SSSR count). The number of hydrogen-bond donors (Lipinski definition) is 1. The van der Waals surface area contributed by atoms with Crippen molar-refractivity contribution in [2.75, 3.05) is 6.54 Å². The largest absolute Gasteiger partial charge is 0.288 e. The van der Waals surface area contributed by atoms with E-state index in [9.17, 15) is 0 Å². The van der Waals surface area contributed by atoms with E-state index in [2.05, 4.69) is 53.8 Å². The maximum Gasteiger partial charge on any atom is 0.113 e. The van der Waals surface area contributed by atoms with Crippen LogP contribution in [0.5, 0.6) is 0 Å². The molecule has 2 nitrogen and oxygen atoms in total. The topological polar surface area (TPSA) is 24.4 Å². The fourth-order valence-electron chi connectivity index (χ4n) is 1.47. The number of nitrogens with one attached hydrogen (secondary N) is 1. The van der Waals surface area contributed by atoms with Crippen molar-refractivity contribution in [2.24, 2.45) is 15.8 Å². The zero-order valence-corrected chi connectivity index (χ0v) is 10.7. The third-order valence-corrected chi connectivity index (χ3v) is 3.28. The Morgan fingerprint density at radius 1 is 1.14 bits per heavy atom. The highest BCUT2D eigenvalue weighted by Crippen LogP contribution is 2.35. The van der Waals surface area contributed by atoms with Crippen molar-refractivity contribution >= 4 is 5.71 Å². The molecular formula is C12H24N2. The van der Waals surface area contributed by atoms with Crippen molar-refractivity contribution in [3.8, 4) is 0 Å². The van der Waals surface area contributed by atoms with Gasteiger partial charge in [0.1, 0.15) is 5.66 Å². The molecule has 0 radical (unpaired) electrons. The molecule has 0 saturated carbocycles. The minimum atomic E-state index is -0.102. The van der Waals surface area contributed by atoms with Crippen LogP contribution in [0.25, 0.3) is 0 Å². The summed E-state index contributed by atoms with van der Waals surface area (Å²) in [7, 11) is 0. The smallest absolute Gasteiger partial charge is 0.113 e. The van der Waals surface area contributed by atoms with E-state index in [0.29, 0.717) is 0 Å². The average Bonchev–Trinajstić information content (AvgIpc) is 2.29. The van der Waals surface area contributed by atoms with Gasteiger partial charge >= 0.3 is 0 Å². The monoisotopic (exact) mass is 196 g/mol. The first-order valence-corrected chi connectivity index (χ1v) is 5.40. The van der Waals surface area contributed by atoms with Crippen LogP contribution in [-0.4, -0.2) is 17.9 Å². The van der Waals surface area contributed by atoms with Crippen molar-refractivity contribution in [2.45, 2.75) is 54.1 Å². The van der Waals surface area contributed by atoms with Gasteiger partial charge in [0.05, 0.1) is 0 Å². The van der Waals surface area contributed by atoms with Gasteiger partial charge in [0.2, 0.25) is 0 Å². The minimum Gasteiger partial charge on any atom is -0.288 e. The Bertz CT molecular complexity index is 252. The lowest BCUT2D eigenvalue weighted by atomic mass is 9.82. The quantitative estimate of drug-likeness (QED) is 0.633. The molecule has 2 heteroatoms. The third kappa shape index (κ3) is 2.00. The van der Waals surface area contributed by atoms with Gasteiger partial charge in [-0.25, -0.2) is 0 Å². The second-order valence-electron chi connectivity index (χ2n) is 6.48. The van der Waals surface area contributed by atoms with E-state index < -0.39 is 0 Å². The van der Waals surface area contributed by atoms with Crippen molar-refractivity contribution in [3.05, 3.63) is 0 Å². The van der Waals surface area contributed by atoms with Crippen molar-refractivity contribution < 1.29 is 0 Å². The zero-order valence-electron chi connectivity index (χ0n) is 10.7. The maximum absolute atomic E-state index is 4.87. The van der Waals surface area contributed by atoms with Gasteiger partial charge in [0, 0.05) is 23.1 Å². The lowest BCUT2D eigenvalue weighted by molar-refractivity contribution is 0.184. The first-order chi connectivity index (χ1) is 6.06. The molecule has 0 saturated heterocycles. The number of hydrogen-bond acceptors (Lipinski definition) is 2. The van der Waals surface area contributed by atoms with Gasteiger partial charge in [-0.1, -0.05) is 41.5 Å². The first kappa shape index (κ1) is 11.7. The molecule has 0 fully saturated rings. The SMILES string of the molecule is CC(C)(C)C1=NC(C)(C(C)(C)C)NC1. The molecule has 0 amide bonds. The van der Waals surface area contributed by atoms with E-state index in [1.807, 2.05) is 0 Å². The Kier molecular flexibility index (Phi) is 2.56. The molecule has 1 heterocycles. The van der Waals surface area contributed by atoms with Crippen LogP contribution in [0.1, 0.15) is 48.5 Å². The second kappa shape index (κ2) is 3.06. The van der Waals surface area contributed by atoms with E-state index in [1.54, 1.807) is 0 Å². The molecule has 0 bridgehead atoms. The van der Waals surface area contributed by atoms with Crippen molar-refractivity contribution in [1.29, 1.82) is 0 Å². The summed E-state index contributed by atoms with van der Waals surface area (Å²) < 4.78 is 0. The number of rotatable bonds is 0. The summed E-state index contributed by atoms with van der Waals surface area (Å²) in [4.78, 5) is 4.87. The Morgan fingerprint density at radius 3 is 1.86 bits per heavy atom. The number of aliphatic imine (C=N–C) groups is 1. The van der Waals surface area contributed by atoms with E-state index in [-0.39, 0.29) is 16.5 Å². The second-order valence-corrected chi connectivity index (χ2v) is 6.48. The Labute approximate surface area is 88.2 Å². The molecule has 0 aromatic carbocycles. The highest BCUT2D eigenvalue weighted by Gasteiger charge is 2.42. The van der Waals surface area contributed by atoms with Crippen molar-refractivity contribution in [3.63, 3.8) is 0 Å². The summed E-state index contributed by atoms with van der Waals surface area (Å²) >= 11 is 0. The number of nitrogens with zero attached hydrogens (tertiary/aromatic N) is 1. The van der Waals surface area contributed by atoms with Gasteiger partial charge in [-0.05, 0) is 6.92 Å². The summed E-state index contributed by atoms with van der Waals surface area (Å²) in [6.45, 7) is 16.5. The van der Waals surface area contributed by atoms with Crippen LogP contribution < -0.4 is 5.32 Å². The fraction of sp³-hybridized carbons (Fsp3) is 0.917. The molecule has 1 N–H and O–H groups in total. The minimum absolute atomic E-state index is 0.102. The molecule has 1 aliphatic heterocycles. The van der Waals surface area contributed by atoms with Crippen LogP contribution in [0.3, 0.4) is 0 Å². The van der Waals surface area contributed by atoms with Gasteiger partial charge in [-0.2, -0.15) is 0 Å². The summed E-state index contributed by atoms with van der Waals surface area (Å²) in [5.74, 6) is 0. The normalized spacial score (nSPS) is 29.2. The summed E-state index contributed by atoms with van der Waals surface area (Å²) in [5.41, 5.74) is 1.54. The Morgan fingerprint density at radius 2 is 1.64 bits per heavy atom. The Hall–Kier alpha value is -0.370. The third-order valence-electron chi connectivity index (χ3n) is 3.28. The predicted molar refractivity (Wildman–Crippen MR) is 62.8 cm³/mol. The van der Waals surface area contributed by atoms with Crippen LogP contribution in [0.2, 0.25) is 0 Å². The summed E-state index contributed by atoms with van der Waals surface area (Å²) in [6.07, 6.45) is 0. The molecule has 14 heavy (non-hydrogen) atoms. The standard InChI is InChI=1S/C12H24N2/c1-10(2,3)9-8-13-12(7,14-9)11(4,5)6/h13H,8H2,1-7H3. The lowest BCUT2D eigenvalue weighted by Gasteiger charge is -2.36. The molecule has 1 atom stereocenters. The highest BCUT2D eigenvalue weighted by molar-refractivity contribution is 5.92. The predicted octanol–water partition coefficient (Wildman–Crippen LogP) is 2.84. The van der Waals surface area contributed by atoms with Gasteiger partial charge in [-0.3, -0.25) is 10.3 Å². The summed E-state index contributed by atoms with van der Waals surface area (Å²) in [5, 5.41) is 3.53. The first-order valence-electron chi connectivity index (χ1n) is 5.40. The molecule has 0 aliphatic carbocycles. The molecule has 0 aromatic rings. The molecule has 1 aliphatic rings. The fourth-order valence-corrected chi connectivity index (χ4v) is 1.47. The summed E-state index contributed by atoms with van der Waals surface area (Å²) in [6, 6.07) is 0. The lowest BCUT2D eigenvalue weighted by Crippen LogP contribution is -2.47. The van der Waals surface area contributed by atoms with Gasteiger partial charge in [-0.15, -0.1) is 0 Å². The van der Waals surface area contributed by atoms with Gasteiger partial charge < -0.3 is 0 Å². The van der Waals surface area contributed by atoms with Gasteiger partial charge in [0.25, 0.3) is 0 Å². The van der Waals surface area contributed by atoms with E-state index in [0.717, 1.165) is 6.54 Å². The van der Waals surface area contributed by atoms with Crippen molar-refractivity contribution in [1.82, 2.24) is 5.32 Å². The maximum atomic E-state index is 4.87. The van der Waals surface area contributed by atoms with Crippen LogP contribution in [0, 0.1) is 10.8 Å².